The van der Waals surface area contributed by atoms with E-state index in [1.807, 2.05) is 0 Å². The second-order valence-corrected chi connectivity index (χ2v) is 7.15. The van der Waals surface area contributed by atoms with Crippen LogP contribution in [0, 0.1) is 5.92 Å². The molecule has 1 N–H and O–H groups in total. The Bertz CT molecular complexity index is 451. The van der Waals surface area contributed by atoms with Gasteiger partial charge in [0.15, 0.2) is 0 Å². The summed E-state index contributed by atoms with van der Waals surface area (Å²) < 4.78 is 0. The minimum absolute atomic E-state index is 0.709. The molecule has 1 aromatic rings. The van der Waals surface area contributed by atoms with Crippen LogP contribution in [-0.4, -0.2) is 6.04 Å². The molecule has 1 heteroatoms. The van der Waals surface area contributed by atoms with Crippen molar-refractivity contribution in [2.24, 2.45) is 5.92 Å². The minimum Gasteiger partial charge on any atom is -0.382 e. The summed E-state index contributed by atoms with van der Waals surface area (Å²) in [5.41, 5.74) is 4.67. The minimum atomic E-state index is 0.709. The highest BCUT2D eigenvalue weighted by Gasteiger charge is 2.20. The van der Waals surface area contributed by atoms with Crippen molar-refractivity contribution in [1.82, 2.24) is 0 Å². The molecule has 1 aromatic carbocycles. The molecule has 2 aliphatic carbocycles. The molecule has 2 atom stereocenters. The molecule has 0 aromatic heterocycles. The fraction of sp³-hybridized carbons (Fsp3) is 0.700. The van der Waals surface area contributed by atoms with Crippen molar-refractivity contribution in [3.8, 4) is 0 Å². The first-order valence-corrected chi connectivity index (χ1v) is 9.24. The van der Waals surface area contributed by atoms with Gasteiger partial charge in [0.2, 0.25) is 0 Å². The van der Waals surface area contributed by atoms with Crippen molar-refractivity contribution in [1.29, 1.82) is 0 Å². The van der Waals surface area contributed by atoms with E-state index in [2.05, 4.69) is 30.4 Å². The van der Waals surface area contributed by atoms with Crippen LogP contribution in [-0.2, 0) is 12.8 Å². The molecule has 2 aliphatic rings. The lowest BCUT2D eigenvalue weighted by Gasteiger charge is -2.24. The molecule has 0 spiro atoms. The predicted octanol–water partition coefficient (Wildman–Crippen LogP) is 5.73. The molecule has 0 radical (unpaired) electrons. The molecule has 1 saturated carbocycles. The van der Waals surface area contributed by atoms with Crippen LogP contribution in [0.5, 0.6) is 0 Å². The number of anilines is 1. The number of hydrogen-bond acceptors (Lipinski definition) is 1. The fourth-order valence-corrected chi connectivity index (χ4v) is 4.36. The van der Waals surface area contributed by atoms with Crippen molar-refractivity contribution in [3.63, 3.8) is 0 Å². The third-order valence-electron chi connectivity index (χ3n) is 5.54. The van der Waals surface area contributed by atoms with Crippen LogP contribution in [0.3, 0.4) is 0 Å². The molecule has 0 heterocycles. The van der Waals surface area contributed by atoms with E-state index in [1.165, 1.54) is 76.3 Å². The molecule has 0 amide bonds. The quantitative estimate of drug-likeness (QED) is 0.697. The highest BCUT2D eigenvalue weighted by molar-refractivity contribution is 5.56. The molecule has 1 nitrogen and oxygen atoms in total. The maximum absolute atomic E-state index is 3.91. The lowest BCUT2D eigenvalue weighted by molar-refractivity contribution is 0.422. The first-order chi connectivity index (χ1) is 10.4. The van der Waals surface area contributed by atoms with Crippen molar-refractivity contribution in [2.75, 3.05) is 5.32 Å². The van der Waals surface area contributed by atoms with E-state index in [0.29, 0.717) is 6.04 Å². The van der Waals surface area contributed by atoms with Crippen LogP contribution in [0.15, 0.2) is 18.2 Å². The molecular formula is C20H31N. The van der Waals surface area contributed by atoms with Crippen LogP contribution in [0.25, 0.3) is 0 Å². The Morgan fingerprint density at radius 3 is 2.81 bits per heavy atom. The average molecular weight is 285 g/mol. The number of fused-ring (bicyclic) bond motifs is 1. The van der Waals surface area contributed by atoms with E-state index in [1.54, 1.807) is 11.1 Å². The summed E-state index contributed by atoms with van der Waals surface area (Å²) in [6.45, 7) is 2.33. The van der Waals surface area contributed by atoms with Gasteiger partial charge >= 0.3 is 0 Å². The first-order valence-electron chi connectivity index (χ1n) is 9.24. The van der Waals surface area contributed by atoms with Crippen molar-refractivity contribution in [2.45, 2.75) is 83.6 Å². The third-order valence-corrected chi connectivity index (χ3v) is 5.54. The Balaban J connectivity index is 1.64. The fourth-order valence-electron chi connectivity index (χ4n) is 4.36. The Morgan fingerprint density at radius 1 is 1.00 bits per heavy atom. The largest absolute Gasteiger partial charge is 0.382 e. The summed E-state index contributed by atoms with van der Waals surface area (Å²) in [7, 11) is 0. The van der Waals surface area contributed by atoms with Gasteiger partial charge in [0, 0.05) is 11.7 Å². The highest BCUT2D eigenvalue weighted by Crippen LogP contribution is 2.32. The topological polar surface area (TPSA) is 12.0 Å². The Hall–Kier alpha value is -0.980. The van der Waals surface area contributed by atoms with Crippen molar-refractivity contribution < 1.29 is 0 Å². The summed E-state index contributed by atoms with van der Waals surface area (Å²) >= 11 is 0. The Labute approximate surface area is 130 Å². The highest BCUT2D eigenvalue weighted by atomic mass is 14.9. The number of nitrogens with one attached hydrogen (secondary N) is 1. The molecule has 21 heavy (non-hydrogen) atoms. The van der Waals surface area contributed by atoms with Crippen molar-refractivity contribution in [3.05, 3.63) is 29.3 Å². The van der Waals surface area contributed by atoms with Gasteiger partial charge in [-0.2, -0.15) is 0 Å². The summed E-state index contributed by atoms with van der Waals surface area (Å²) in [5, 5.41) is 3.91. The molecule has 0 bridgehead atoms. The summed E-state index contributed by atoms with van der Waals surface area (Å²) in [6.07, 6.45) is 15.1. The summed E-state index contributed by atoms with van der Waals surface area (Å²) in [6, 6.07) is 7.62. The predicted molar refractivity (Wildman–Crippen MR) is 92.0 cm³/mol. The zero-order valence-corrected chi connectivity index (χ0v) is 13.7. The van der Waals surface area contributed by atoms with Crippen LogP contribution < -0.4 is 5.32 Å². The summed E-state index contributed by atoms with van der Waals surface area (Å²) in [4.78, 5) is 0. The standard InChI is InChI=1S/C20H31N/c1-2-7-16-8-5-11-18(15-14-16)21-20-13-6-10-17-9-3-4-12-19(17)20/h6,10,13,16,18,21H,2-5,7-9,11-12,14-15H2,1H3. The maximum Gasteiger partial charge on any atom is 0.0377 e. The average Bonchev–Trinajstić information content (AvgIpc) is 2.74. The lowest BCUT2D eigenvalue weighted by Crippen LogP contribution is -2.20. The second-order valence-electron chi connectivity index (χ2n) is 7.15. The van der Waals surface area contributed by atoms with Crippen LogP contribution in [0.2, 0.25) is 0 Å². The Morgan fingerprint density at radius 2 is 1.90 bits per heavy atom. The zero-order valence-electron chi connectivity index (χ0n) is 13.7. The van der Waals surface area contributed by atoms with E-state index in [-0.39, 0.29) is 0 Å². The molecule has 116 valence electrons. The molecule has 0 saturated heterocycles. The van der Waals surface area contributed by atoms with Crippen LogP contribution in [0.4, 0.5) is 5.69 Å². The molecule has 1 fully saturated rings. The third kappa shape index (κ3) is 3.81. The maximum atomic E-state index is 3.91. The van der Waals surface area contributed by atoms with E-state index in [9.17, 15) is 0 Å². The van der Waals surface area contributed by atoms with Gasteiger partial charge in [-0.1, -0.05) is 44.7 Å². The van der Waals surface area contributed by atoms with Crippen LogP contribution in [0.1, 0.15) is 75.8 Å². The van der Waals surface area contributed by atoms with Crippen molar-refractivity contribution >= 4 is 5.69 Å². The second kappa shape index (κ2) is 7.33. The van der Waals surface area contributed by atoms with Gasteiger partial charge < -0.3 is 5.32 Å². The molecule has 2 unspecified atom stereocenters. The van der Waals surface area contributed by atoms with Gasteiger partial charge in [0.25, 0.3) is 0 Å². The van der Waals surface area contributed by atoms with E-state index in [0.717, 1.165) is 5.92 Å². The molecule has 3 rings (SSSR count). The molecular weight excluding hydrogens is 254 g/mol. The first kappa shape index (κ1) is 14.9. The van der Waals surface area contributed by atoms with E-state index >= 15 is 0 Å². The number of aryl methyl sites for hydroxylation is 1. The zero-order chi connectivity index (χ0) is 14.5. The number of hydrogen-bond donors (Lipinski definition) is 1. The van der Waals surface area contributed by atoms with E-state index < -0.39 is 0 Å². The SMILES string of the molecule is CCCC1CCCC(Nc2cccc3c2CCCC3)CC1. The number of rotatable bonds is 4. The van der Waals surface area contributed by atoms with Gasteiger partial charge in [-0.3, -0.25) is 0 Å². The smallest absolute Gasteiger partial charge is 0.0377 e. The lowest BCUT2D eigenvalue weighted by atomic mass is 9.90. The van der Waals surface area contributed by atoms with Gasteiger partial charge in [0.1, 0.15) is 0 Å². The number of benzene rings is 1. The van der Waals surface area contributed by atoms with Gasteiger partial charge in [0.05, 0.1) is 0 Å². The monoisotopic (exact) mass is 285 g/mol. The van der Waals surface area contributed by atoms with Gasteiger partial charge in [-0.15, -0.1) is 0 Å². The normalized spacial score (nSPS) is 26.0. The molecule has 0 aliphatic heterocycles. The Kier molecular flexibility index (Phi) is 5.22. The van der Waals surface area contributed by atoms with Gasteiger partial charge in [-0.05, 0) is 68.1 Å². The summed E-state index contributed by atoms with van der Waals surface area (Å²) in [5.74, 6) is 0.992. The van der Waals surface area contributed by atoms with Crippen LogP contribution >= 0.6 is 0 Å². The van der Waals surface area contributed by atoms with E-state index in [4.69, 9.17) is 0 Å². The van der Waals surface area contributed by atoms with Gasteiger partial charge in [-0.25, -0.2) is 0 Å².